The summed E-state index contributed by atoms with van der Waals surface area (Å²) in [6.45, 7) is 6.57. The highest BCUT2D eigenvalue weighted by molar-refractivity contribution is 5.93. The largest absolute Gasteiger partial charge is 0.327 e. The summed E-state index contributed by atoms with van der Waals surface area (Å²) in [7, 11) is 0. The molecular weight excluding hydrogens is 298 g/mol. The first kappa shape index (κ1) is 17.3. The van der Waals surface area contributed by atoms with Crippen LogP contribution in [-0.2, 0) is 4.79 Å². The summed E-state index contributed by atoms with van der Waals surface area (Å²) in [6, 6.07) is 6.44. The van der Waals surface area contributed by atoms with E-state index in [0.29, 0.717) is 24.4 Å². The first-order valence-electron chi connectivity index (χ1n) is 7.88. The molecule has 1 saturated heterocycles. The number of halogens is 1. The number of anilines is 1. The molecule has 2 fully saturated rings. The lowest BCUT2D eigenvalue weighted by molar-refractivity contribution is -0.117. The number of carbonyl (C=O) groups is 1. The smallest absolute Gasteiger partial charge is 0.238 e. The van der Waals surface area contributed by atoms with Gasteiger partial charge in [0.25, 0.3) is 0 Å². The maximum Gasteiger partial charge on any atom is 0.238 e. The molecule has 22 heavy (non-hydrogen) atoms. The van der Waals surface area contributed by atoms with E-state index < -0.39 is 0 Å². The third-order valence-electron chi connectivity index (χ3n) is 5.01. The molecule has 1 heterocycles. The summed E-state index contributed by atoms with van der Waals surface area (Å²) in [4.78, 5) is 14.5. The van der Waals surface area contributed by atoms with Gasteiger partial charge in [0.1, 0.15) is 0 Å². The predicted molar refractivity (Wildman–Crippen MR) is 92.4 cm³/mol. The minimum atomic E-state index is 0. The quantitative estimate of drug-likeness (QED) is 0.897. The van der Waals surface area contributed by atoms with Crippen molar-refractivity contribution in [1.29, 1.82) is 0 Å². The van der Waals surface area contributed by atoms with E-state index in [1.165, 1.54) is 12.0 Å². The number of amides is 1. The molecule has 5 heteroatoms. The van der Waals surface area contributed by atoms with Crippen molar-refractivity contribution in [3.05, 3.63) is 29.3 Å². The fourth-order valence-corrected chi connectivity index (χ4v) is 3.88. The van der Waals surface area contributed by atoms with Gasteiger partial charge in [-0.05, 0) is 50.2 Å². The van der Waals surface area contributed by atoms with Crippen LogP contribution in [0.25, 0.3) is 0 Å². The van der Waals surface area contributed by atoms with Crippen LogP contribution in [0.4, 0.5) is 5.69 Å². The van der Waals surface area contributed by atoms with Gasteiger partial charge in [0.15, 0.2) is 0 Å². The van der Waals surface area contributed by atoms with E-state index in [1.807, 2.05) is 19.1 Å². The Labute approximate surface area is 138 Å². The molecule has 0 spiro atoms. The zero-order chi connectivity index (χ0) is 15.0. The Kier molecular flexibility index (Phi) is 5.48. The molecule has 1 aromatic rings. The number of likely N-dealkylation sites (tertiary alicyclic amines) is 1. The lowest BCUT2D eigenvalue weighted by Gasteiger charge is -2.18. The van der Waals surface area contributed by atoms with E-state index in [1.54, 1.807) is 0 Å². The maximum atomic E-state index is 12.2. The van der Waals surface area contributed by atoms with Gasteiger partial charge in [-0.1, -0.05) is 17.7 Å². The molecule has 3 unspecified atom stereocenters. The van der Waals surface area contributed by atoms with Crippen molar-refractivity contribution < 1.29 is 4.79 Å². The zero-order valence-electron chi connectivity index (χ0n) is 13.3. The highest BCUT2D eigenvalue weighted by atomic mass is 35.5. The molecule has 2 aliphatic rings. The SMILES string of the molecule is Cc1ccc(NC(=O)CN2CC3CCC(N)C3C2)c(C)c1.Cl. The second-order valence-corrected chi connectivity index (χ2v) is 6.73. The predicted octanol–water partition coefficient (Wildman–Crippen LogP) is 2.33. The number of aryl methyl sites for hydroxylation is 2. The van der Waals surface area contributed by atoms with Crippen molar-refractivity contribution in [1.82, 2.24) is 4.90 Å². The summed E-state index contributed by atoms with van der Waals surface area (Å²) < 4.78 is 0. The van der Waals surface area contributed by atoms with E-state index in [4.69, 9.17) is 5.73 Å². The van der Waals surface area contributed by atoms with Crippen LogP contribution in [-0.4, -0.2) is 36.5 Å². The molecule has 1 aliphatic heterocycles. The van der Waals surface area contributed by atoms with E-state index in [0.717, 1.165) is 30.8 Å². The Bertz CT molecular complexity index is 549. The Hall–Kier alpha value is -1.10. The van der Waals surface area contributed by atoms with Crippen LogP contribution in [0, 0.1) is 25.7 Å². The number of benzene rings is 1. The van der Waals surface area contributed by atoms with Crippen LogP contribution in [0.15, 0.2) is 18.2 Å². The molecule has 1 aromatic carbocycles. The van der Waals surface area contributed by atoms with Gasteiger partial charge < -0.3 is 11.1 Å². The van der Waals surface area contributed by atoms with Crippen molar-refractivity contribution in [2.45, 2.75) is 32.7 Å². The second kappa shape index (κ2) is 6.99. The van der Waals surface area contributed by atoms with Crippen molar-refractivity contribution in [3.63, 3.8) is 0 Å². The van der Waals surface area contributed by atoms with Crippen molar-refractivity contribution in [2.75, 3.05) is 25.0 Å². The molecule has 3 rings (SSSR count). The lowest BCUT2D eigenvalue weighted by atomic mass is 9.98. The van der Waals surface area contributed by atoms with E-state index >= 15 is 0 Å². The Morgan fingerprint density at radius 3 is 2.77 bits per heavy atom. The molecule has 1 amide bonds. The minimum Gasteiger partial charge on any atom is -0.327 e. The van der Waals surface area contributed by atoms with Crippen LogP contribution in [0.5, 0.6) is 0 Å². The second-order valence-electron chi connectivity index (χ2n) is 6.73. The van der Waals surface area contributed by atoms with Crippen LogP contribution >= 0.6 is 12.4 Å². The van der Waals surface area contributed by atoms with Crippen molar-refractivity contribution >= 4 is 24.0 Å². The Morgan fingerprint density at radius 2 is 2.09 bits per heavy atom. The van der Waals surface area contributed by atoms with Crippen LogP contribution in [0.1, 0.15) is 24.0 Å². The molecule has 0 bridgehead atoms. The van der Waals surface area contributed by atoms with Gasteiger partial charge in [-0.25, -0.2) is 0 Å². The normalized spacial score (nSPS) is 27.3. The van der Waals surface area contributed by atoms with Gasteiger partial charge >= 0.3 is 0 Å². The van der Waals surface area contributed by atoms with Gasteiger partial charge in [-0.2, -0.15) is 0 Å². The summed E-state index contributed by atoms with van der Waals surface area (Å²) in [5.74, 6) is 1.38. The first-order chi connectivity index (χ1) is 10.0. The molecule has 1 aliphatic carbocycles. The molecule has 4 nitrogen and oxygen atoms in total. The van der Waals surface area contributed by atoms with E-state index in [-0.39, 0.29) is 18.3 Å². The summed E-state index contributed by atoms with van der Waals surface area (Å²) in [5, 5.41) is 3.03. The Balaban J connectivity index is 0.00000176. The van der Waals surface area contributed by atoms with Crippen molar-refractivity contribution in [2.24, 2.45) is 17.6 Å². The molecule has 3 N–H and O–H groups in total. The number of nitrogens with one attached hydrogen (secondary N) is 1. The van der Waals surface area contributed by atoms with E-state index in [9.17, 15) is 4.79 Å². The van der Waals surface area contributed by atoms with Gasteiger partial charge in [0.2, 0.25) is 5.91 Å². The molecule has 122 valence electrons. The number of rotatable bonds is 3. The number of fused-ring (bicyclic) bond motifs is 1. The van der Waals surface area contributed by atoms with Gasteiger partial charge in [-0.15, -0.1) is 12.4 Å². The highest BCUT2D eigenvalue weighted by Gasteiger charge is 2.41. The molecule has 0 radical (unpaired) electrons. The molecular formula is C17H26ClN3O. The molecule has 1 saturated carbocycles. The fourth-order valence-electron chi connectivity index (χ4n) is 3.88. The zero-order valence-corrected chi connectivity index (χ0v) is 14.2. The van der Waals surface area contributed by atoms with E-state index in [2.05, 4.69) is 23.2 Å². The third-order valence-corrected chi connectivity index (χ3v) is 5.01. The highest BCUT2D eigenvalue weighted by Crippen LogP contribution is 2.36. The number of hydrogen-bond donors (Lipinski definition) is 2. The number of hydrogen-bond acceptors (Lipinski definition) is 3. The van der Waals surface area contributed by atoms with Crippen LogP contribution < -0.4 is 11.1 Å². The average molecular weight is 324 g/mol. The Morgan fingerprint density at radius 1 is 1.32 bits per heavy atom. The van der Waals surface area contributed by atoms with Crippen LogP contribution in [0.3, 0.4) is 0 Å². The number of nitrogens with two attached hydrogens (primary N) is 1. The van der Waals surface area contributed by atoms with Crippen LogP contribution in [0.2, 0.25) is 0 Å². The topological polar surface area (TPSA) is 58.4 Å². The standard InChI is InChI=1S/C17H25N3O.ClH/c1-11-3-6-16(12(2)7-11)19-17(21)10-20-8-13-4-5-15(18)14(13)9-20;/h3,6-7,13-15H,4-5,8-10,18H2,1-2H3,(H,19,21);1H. The maximum absolute atomic E-state index is 12.2. The first-order valence-corrected chi connectivity index (χ1v) is 7.88. The summed E-state index contributed by atoms with van der Waals surface area (Å²) in [6.07, 6.45) is 2.37. The monoisotopic (exact) mass is 323 g/mol. The average Bonchev–Trinajstić information content (AvgIpc) is 2.95. The van der Waals surface area contributed by atoms with Crippen molar-refractivity contribution in [3.8, 4) is 0 Å². The van der Waals surface area contributed by atoms with Gasteiger partial charge in [0.05, 0.1) is 6.54 Å². The summed E-state index contributed by atoms with van der Waals surface area (Å²) >= 11 is 0. The number of nitrogens with zero attached hydrogens (tertiary/aromatic N) is 1. The molecule has 3 atom stereocenters. The number of carbonyl (C=O) groups excluding carboxylic acids is 1. The minimum absolute atomic E-state index is 0. The lowest BCUT2D eigenvalue weighted by Crippen LogP contribution is -2.34. The summed E-state index contributed by atoms with van der Waals surface area (Å²) in [5.41, 5.74) is 9.39. The van der Waals surface area contributed by atoms with Gasteiger partial charge in [-0.3, -0.25) is 9.69 Å². The molecule has 0 aromatic heterocycles. The fraction of sp³-hybridized carbons (Fsp3) is 0.588. The van der Waals surface area contributed by atoms with Gasteiger partial charge in [0, 0.05) is 24.8 Å². The third kappa shape index (κ3) is 3.62.